The van der Waals surface area contributed by atoms with E-state index in [1.165, 1.54) is 4.90 Å². The molecule has 0 saturated heterocycles. The minimum absolute atomic E-state index is 0.201. The van der Waals surface area contributed by atoms with Gasteiger partial charge in [-0.2, -0.15) is 0 Å². The predicted octanol–water partition coefficient (Wildman–Crippen LogP) is 2.62. The summed E-state index contributed by atoms with van der Waals surface area (Å²) >= 11 is 3.29. The number of halogens is 1. The molecule has 0 aliphatic carbocycles. The average molecular weight is 294 g/mol. The van der Waals surface area contributed by atoms with E-state index < -0.39 is 0 Å². The van der Waals surface area contributed by atoms with Gasteiger partial charge in [-0.05, 0) is 19.1 Å². The van der Waals surface area contributed by atoms with Crippen LogP contribution in [0.4, 0.5) is 0 Å². The fourth-order valence-electron chi connectivity index (χ4n) is 1.83. The van der Waals surface area contributed by atoms with E-state index in [1.807, 2.05) is 13.0 Å². The Labute approximate surface area is 108 Å². The van der Waals surface area contributed by atoms with Gasteiger partial charge in [0.25, 0.3) is 11.8 Å². The van der Waals surface area contributed by atoms with E-state index >= 15 is 0 Å². The van der Waals surface area contributed by atoms with Crippen LogP contribution in [0.2, 0.25) is 0 Å². The van der Waals surface area contributed by atoms with Gasteiger partial charge in [0.15, 0.2) is 0 Å². The average Bonchev–Trinajstić information content (AvgIpc) is 2.56. The van der Waals surface area contributed by atoms with Crippen molar-refractivity contribution in [1.29, 1.82) is 0 Å². The maximum absolute atomic E-state index is 12.0. The zero-order chi connectivity index (χ0) is 12.4. The first-order chi connectivity index (χ1) is 8.15. The number of allylic oxidation sites excluding steroid dienone is 1. The first-order valence-electron chi connectivity index (χ1n) is 5.32. The smallest absolute Gasteiger partial charge is 0.261 e. The number of fused-ring (bicyclic) bond motifs is 1. The Morgan fingerprint density at radius 2 is 1.76 bits per heavy atom. The van der Waals surface area contributed by atoms with E-state index in [-0.39, 0.29) is 11.8 Å². The highest BCUT2D eigenvalue weighted by atomic mass is 79.9. The highest BCUT2D eigenvalue weighted by molar-refractivity contribution is 9.09. The summed E-state index contributed by atoms with van der Waals surface area (Å²) in [7, 11) is 0. The third kappa shape index (κ3) is 2.17. The summed E-state index contributed by atoms with van der Waals surface area (Å²) in [5, 5.41) is 0.724. The third-order valence-corrected chi connectivity index (χ3v) is 3.04. The molecule has 1 aliphatic heterocycles. The Balaban J connectivity index is 2.28. The van der Waals surface area contributed by atoms with Crippen molar-refractivity contribution in [1.82, 2.24) is 4.90 Å². The van der Waals surface area contributed by atoms with Gasteiger partial charge in [0, 0.05) is 5.33 Å². The zero-order valence-electron chi connectivity index (χ0n) is 9.44. The Morgan fingerprint density at radius 1 is 1.24 bits per heavy atom. The summed E-state index contributed by atoms with van der Waals surface area (Å²) < 4.78 is 0. The largest absolute Gasteiger partial charge is 0.270 e. The van der Waals surface area contributed by atoms with Gasteiger partial charge in [-0.1, -0.05) is 39.7 Å². The minimum Gasteiger partial charge on any atom is -0.270 e. The maximum Gasteiger partial charge on any atom is 0.261 e. The SMILES string of the molecule is C/C(=C/CBr)CN1C(=O)c2ccccc2C1=O. The monoisotopic (exact) mass is 293 g/mol. The Bertz CT molecular complexity index is 473. The van der Waals surface area contributed by atoms with Gasteiger partial charge >= 0.3 is 0 Å². The predicted molar refractivity (Wildman–Crippen MR) is 69.4 cm³/mol. The summed E-state index contributed by atoms with van der Waals surface area (Å²) in [6.45, 7) is 2.27. The number of amides is 2. The van der Waals surface area contributed by atoms with Crippen molar-refractivity contribution in [3.63, 3.8) is 0 Å². The summed E-state index contributed by atoms with van der Waals surface area (Å²) in [6, 6.07) is 6.93. The maximum atomic E-state index is 12.0. The second kappa shape index (κ2) is 4.84. The van der Waals surface area contributed by atoms with Gasteiger partial charge in [0.05, 0.1) is 17.7 Å². The third-order valence-electron chi connectivity index (χ3n) is 2.71. The molecular formula is C13H12BrNO2. The molecule has 2 rings (SSSR count). The lowest BCUT2D eigenvalue weighted by Gasteiger charge is -2.13. The van der Waals surface area contributed by atoms with Crippen LogP contribution in [0.3, 0.4) is 0 Å². The number of carbonyl (C=O) groups excluding carboxylic acids is 2. The van der Waals surface area contributed by atoms with Crippen molar-refractivity contribution in [2.75, 3.05) is 11.9 Å². The Hall–Kier alpha value is -1.42. The summed E-state index contributed by atoms with van der Waals surface area (Å²) in [5.41, 5.74) is 2.00. The van der Waals surface area contributed by atoms with Crippen molar-refractivity contribution in [2.24, 2.45) is 0 Å². The molecule has 0 N–H and O–H groups in total. The van der Waals surface area contributed by atoms with Gasteiger partial charge < -0.3 is 0 Å². The van der Waals surface area contributed by atoms with Gasteiger partial charge in [0.2, 0.25) is 0 Å². The molecule has 0 saturated carbocycles. The topological polar surface area (TPSA) is 37.4 Å². The molecule has 17 heavy (non-hydrogen) atoms. The molecule has 1 aliphatic rings. The van der Waals surface area contributed by atoms with Gasteiger partial charge in [-0.3, -0.25) is 14.5 Å². The molecule has 3 nitrogen and oxygen atoms in total. The van der Waals surface area contributed by atoms with E-state index in [9.17, 15) is 9.59 Å². The van der Waals surface area contributed by atoms with Crippen LogP contribution >= 0.6 is 15.9 Å². The summed E-state index contributed by atoms with van der Waals surface area (Å²) in [5.74, 6) is -0.402. The quantitative estimate of drug-likeness (QED) is 0.488. The van der Waals surface area contributed by atoms with Crippen LogP contribution in [0.5, 0.6) is 0 Å². The van der Waals surface area contributed by atoms with Crippen LogP contribution in [-0.2, 0) is 0 Å². The van der Waals surface area contributed by atoms with Gasteiger partial charge in [0.1, 0.15) is 0 Å². The molecule has 1 aromatic rings. The van der Waals surface area contributed by atoms with Gasteiger partial charge in [-0.15, -0.1) is 0 Å². The van der Waals surface area contributed by atoms with Crippen molar-refractivity contribution in [2.45, 2.75) is 6.92 Å². The number of alkyl halides is 1. The zero-order valence-corrected chi connectivity index (χ0v) is 11.0. The fourth-order valence-corrected chi connectivity index (χ4v) is 2.38. The number of hydrogen-bond acceptors (Lipinski definition) is 2. The lowest BCUT2D eigenvalue weighted by atomic mass is 10.1. The van der Waals surface area contributed by atoms with Crippen LogP contribution in [-0.4, -0.2) is 28.6 Å². The molecule has 1 heterocycles. The number of carbonyl (C=O) groups is 2. The molecule has 2 amide bonds. The van der Waals surface area contributed by atoms with E-state index in [0.717, 1.165) is 10.9 Å². The molecule has 0 atom stereocenters. The Kier molecular flexibility index (Phi) is 3.43. The Morgan fingerprint density at radius 3 is 2.24 bits per heavy atom. The highest BCUT2D eigenvalue weighted by Crippen LogP contribution is 2.23. The molecule has 0 unspecified atom stereocenters. The van der Waals surface area contributed by atoms with E-state index in [4.69, 9.17) is 0 Å². The standard InChI is InChI=1S/C13H12BrNO2/c1-9(6-7-14)8-15-12(16)10-4-2-3-5-11(10)13(15)17/h2-6H,7-8H2,1H3/b9-6-. The summed E-state index contributed by atoms with van der Waals surface area (Å²) in [6.07, 6.45) is 1.95. The fraction of sp³-hybridized carbons (Fsp3) is 0.231. The first-order valence-corrected chi connectivity index (χ1v) is 6.44. The molecule has 0 spiro atoms. The van der Waals surface area contributed by atoms with E-state index in [1.54, 1.807) is 24.3 Å². The molecule has 4 heteroatoms. The van der Waals surface area contributed by atoms with E-state index in [0.29, 0.717) is 17.7 Å². The van der Waals surface area contributed by atoms with Crippen LogP contribution in [0.25, 0.3) is 0 Å². The number of nitrogens with zero attached hydrogens (tertiary/aromatic N) is 1. The van der Waals surface area contributed by atoms with Gasteiger partial charge in [-0.25, -0.2) is 0 Å². The second-order valence-electron chi connectivity index (χ2n) is 3.95. The molecule has 0 bridgehead atoms. The van der Waals surface area contributed by atoms with Crippen LogP contribution in [0.15, 0.2) is 35.9 Å². The number of imide groups is 1. The first kappa shape index (κ1) is 12.0. The number of hydrogen-bond donors (Lipinski definition) is 0. The van der Waals surface area contributed by atoms with E-state index in [2.05, 4.69) is 15.9 Å². The lowest BCUT2D eigenvalue weighted by Crippen LogP contribution is -2.31. The molecule has 0 aromatic heterocycles. The molecule has 88 valence electrons. The van der Waals surface area contributed by atoms with Crippen LogP contribution in [0, 0.1) is 0 Å². The molecule has 0 fully saturated rings. The lowest BCUT2D eigenvalue weighted by molar-refractivity contribution is 0.0668. The highest BCUT2D eigenvalue weighted by Gasteiger charge is 2.34. The number of rotatable bonds is 3. The minimum atomic E-state index is -0.201. The van der Waals surface area contributed by atoms with Crippen LogP contribution < -0.4 is 0 Å². The second-order valence-corrected chi connectivity index (χ2v) is 4.59. The molecular weight excluding hydrogens is 282 g/mol. The van der Waals surface area contributed by atoms with Crippen molar-refractivity contribution < 1.29 is 9.59 Å². The summed E-state index contributed by atoms with van der Waals surface area (Å²) in [4.78, 5) is 25.3. The van der Waals surface area contributed by atoms with Crippen molar-refractivity contribution in [3.8, 4) is 0 Å². The number of benzene rings is 1. The van der Waals surface area contributed by atoms with Crippen LogP contribution in [0.1, 0.15) is 27.6 Å². The molecule has 1 aromatic carbocycles. The normalized spacial score (nSPS) is 15.4. The van der Waals surface area contributed by atoms with Crippen molar-refractivity contribution >= 4 is 27.7 Å². The molecule has 0 radical (unpaired) electrons. The van der Waals surface area contributed by atoms with Crippen molar-refractivity contribution in [3.05, 3.63) is 47.0 Å².